The van der Waals surface area contributed by atoms with Crippen molar-refractivity contribution in [2.24, 2.45) is 0 Å². The van der Waals surface area contributed by atoms with Crippen molar-refractivity contribution in [2.75, 3.05) is 0 Å². The third-order valence-corrected chi connectivity index (χ3v) is 6.69. The van der Waals surface area contributed by atoms with Crippen LogP contribution in [-0.2, 0) is 18.6 Å². The van der Waals surface area contributed by atoms with Crippen LogP contribution < -0.4 is 0 Å². The summed E-state index contributed by atoms with van der Waals surface area (Å²) < 4.78 is 2.00. The maximum atomic E-state index is 11.2. The Hall–Kier alpha value is -3.00. The summed E-state index contributed by atoms with van der Waals surface area (Å²) in [7, 11) is 0. The number of hydrogen-bond donors (Lipinski definition) is 2. The number of halogens is 1. The Kier molecular flexibility index (Phi) is 3.86. The number of nitrogens with zero attached hydrogens (tertiary/aromatic N) is 4. The zero-order chi connectivity index (χ0) is 20.3. The van der Waals surface area contributed by atoms with E-state index < -0.39 is 5.60 Å². The van der Waals surface area contributed by atoms with Gasteiger partial charge in [-0.1, -0.05) is 29.8 Å². The molecule has 0 saturated carbocycles. The average molecular weight is 434 g/mol. The number of fused-ring (bicyclic) bond motifs is 2. The van der Waals surface area contributed by atoms with Crippen molar-refractivity contribution < 1.29 is 5.11 Å². The van der Waals surface area contributed by atoms with Gasteiger partial charge < -0.3 is 14.7 Å². The Bertz CT molecular complexity index is 1380. The Morgan fingerprint density at radius 2 is 2.17 bits per heavy atom. The van der Waals surface area contributed by atoms with Crippen molar-refractivity contribution in [3.8, 4) is 21.8 Å². The molecule has 1 aliphatic heterocycles. The zero-order valence-electron chi connectivity index (χ0n) is 15.7. The summed E-state index contributed by atoms with van der Waals surface area (Å²) in [4.78, 5) is 16.7. The topological polar surface area (TPSA) is 79.6 Å². The number of thiazole rings is 1. The van der Waals surface area contributed by atoms with E-state index in [0.29, 0.717) is 18.0 Å². The second kappa shape index (κ2) is 6.50. The molecule has 5 heterocycles. The predicted octanol–water partition coefficient (Wildman–Crippen LogP) is 4.65. The second-order valence-corrected chi connectivity index (χ2v) is 8.85. The predicted molar refractivity (Wildman–Crippen MR) is 117 cm³/mol. The summed E-state index contributed by atoms with van der Waals surface area (Å²) in [5, 5.41) is 15.7. The van der Waals surface area contributed by atoms with Crippen LogP contribution in [0.2, 0.25) is 5.02 Å². The normalized spacial score (nSPS) is 18.2. The Labute approximate surface area is 180 Å². The first-order valence-electron chi connectivity index (χ1n) is 9.51. The van der Waals surface area contributed by atoms with E-state index in [4.69, 9.17) is 16.6 Å². The number of aromatic amines is 1. The highest BCUT2D eigenvalue weighted by molar-refractivity contribution is 7.13. The molecule has 0 spiro atoms. The van der Waals surface area contributed by atoms with Gasteiger partial charge in [-0.3, -0.25) is 0 Å². The first-order chi connectivity index (χ1) is 14.6. The van der Waals surface area contributed by atoms with Crippen LogP contribution in [0.5, 0.6) is 0 Å². The molecule has 148 valence electrons. The minimum Gasteiger partial charge on any atom is -0.383 e. The van der Waals surface area contributed by atoms with E-state index in [-0.39, 0.29) is 0 Å². The third-order valence-electron chi connectivity index (χ3n) is 5.61. The zero-order valence-corrected chi connectivity index (χ0v) is 17.3. The van der Waals surface area contributed by atoms with E-state index in [1.807, 2.05) is 52.7 Å². The fourth-order valence-electron chi connectivity index (χ4n) is 4.10. The molecule has 8 heteroatoms. The molecule has 0 bridgehead atoms. The fourth-order valence-corrected chi connectivity index (χ4v) is 5.11. The Morgan fingerprint density at radius 3 is 3.07 bits per heavy atom. The van der Waals surface area contributed by atoms with E-state index in [0.717, 1.165) is 44.2 Å². The molecular weight excluding hydrogens is 418 g/mol. The molecule has 30 heavy (non-hydrogen) atoms. The van der Waals surface area contributed by atoms with Crippen molar-refractivity contribution in [3.63, 3.8) is 0 Å². The van der Waals surface area contributed by atoms with Gasteiger partial charge in [0.15, 0.2) is 0 Å². The molecule has 1 atom stereocenters. The van der Waals surface area contributed by atoms with Gasteiger partial charge in [0, 0.05) is 53.1 Å². The monoisotopic (exact) mass is 433 g/mol. The molecule has 0 saturated heterocycles. The summed E-state index contributed by atoms with van der Waals surface area (Å²) in [6.45, 7) is 0.511. The number of nitrogens with one attached hydrogen (secondary N) is 1. The van der Waals surface area contributed by atoms with Crippen LogP contribution in [0, 0.1) is 0 Å². The van der Waals surface area contributed by atoms with Gasteiger partial charge in [-0.2, -0.15) is 0 Å². The second-order valence-electron chi connectivity index (χ2n) is 7.55. The van der Waals surface area contributed by atoms with Gasteiger partial charge in [0.05, 0.1) is 17.3 Å². The van der Waals surface area contributed by atoms with Crippen LogP contribution in [-0.4, -0.2) is 29.6 Å². The van der Waals surface area contributed by atoms with Gasteiger partial charge in [0.25, 0.3) is 0 Å². The highest BCUT2D eigenvalue weighted by Gasteiger charge is 2.37. The number of aromatic nitrogens is 5. The minimum absolute atomic E-state index is 0.509. The van der Waals surface area contributed by atoms with Gasteiger partial charge >= 0.3 is 0 Å². The first-order valence-corrected chi connectivity index (χ1v) is 10.8. The molecule has 6 rings (SSSR count). The Morgan fingerprint density at radius 1 is 1.23 bits per heavy atom. The lowest BCUT2D eigenvalue weighted by Crippen LogP contribution is -2.27. The lowest BCUT2D eigenvalue weighted by Gasteiger charge is -2.22. The number of imidazole rings is 1. The van der Waals surface area contributed by atoms with Gasteiger partial charge in [0.2, 0.25) is 0 Å². The molecule has 1 aromatic carbocycles. The number of pyridine rings is 1. The molecule has 4 aromatic heterocycles. The van der Waals surface area contributed by atoms with Crippen molar-refractivity contribution in [1.82, 2.24) is 24.5 Å². The summed E-state index contributed by atoms with van der Waals surface area (Å²) in [5.41, 5.74) is 3.55. The summed E-state index contributed by atoms with van der Waals surface area (Å²) in [5.74, 6) is 0.908. The molecule has 0 amide bonds. The Balaban J connectivity index is 1.36. The van der Waals surface area contributed by atoms with E-state index in [1.54, 1.807) is 23.7 Å². The number of aliphatic hydroxyl groups is 1. The summed E-state index contributed by atoms with van der Waals surface area (Å²) in [6.07, 6.45) is 7.73. The van der Waals surface area contributed by atoms with Crippen LogP contribution >= 0.6 is 22.9 Å². The molecule has 1 aliphatic rings. The largest absolute Gasteiger partial charge is 0.383 e. The van der Waals surface area contributed by atoms with E-state index in [9.17, 15) is 5.11 Å². The van der Waals surface area contributed by atoms with Crippen molar-refractivity contribution in [2.45, 2.75) is 18.6 Å². The summed E-state index contributed by atoms with van der Waals surface area (Å²) >= 11 is 7.70. The first kappa shape index (κ1) is 17.8. The minimum atomic E-state index is -0.947. The highest BCUT2D eigenvalue weighted by Crippen LogP contribution is 2.37. The van der Waals surface area contributed by atoms with Gasteiger partial charge in [0.1, 0.15) is 22.1 Å². The van der Waals surface area contributed by atoms with Crippen LogP contribution in [0.4, 0.5) is 0 Å². The fraction of sp³-hybridized carbons (Fsp3) is 0.136. The lowest BCUT2D eigenvalue weighted by atomic mass is 9.91. The standard InChI is InChI=1S/C22H16ClN5OS/c23-15-7-16-17(10-26-20(16)25-9-15)21-27-18(11-30-21)13-2-1-3-14(6-13)22(29)8-19-24-4-5-28(19)12-22/h1-7,9-11,29H,8,12H2,(H,25,26)/t22-/m0/s1. The number of H-pyrrole nitrogens is 1. The van der Waals surface area contributed by atoms with Crippen LogP contribution in [0.3, 0.4) is 0 Å². The quantitative estimate of drug-likeness (QED) is 0.434. The smallest absolute Gasteiger partial charge is 0.138 e. The van der Waals surface area contributed by atoms with Crippen LogP contribution in [0.25, 0.3) is 32.9 Å². The highest BCUT2D eigenvalue weighted by atomic mass is 35.5. The van der Waals surface area contributed by atoms with Gasteiger partial charge in [-0.25, -0.2) is 15.0 Å². The lowest BCUT2D eigenvalue weighted by molar-refractivity contribution is 0.0376. The van der Waals surface area contributed by atoms with Crippen LogP contribution in [0.15, 0.2) is 60.5 Å². The number of hydrogen-bond acceptors (Lipinski definition) is 5. The number of benzene rings is 1. The van der Waals surface area contributed by atoms with E-state index in [2.05, 4.69) is 15.0 Å². The molecule has 5 aromatic rings. The molecule has 6 nitrogen and oxygen atoms in total. The molecule has 0 aliphatic carbocycles. The van der Waals surface area contributed by atoms with Crippen LogP contribution in [0.1, 0.15) is 11.4 Å². The summed E-state index contributed by atoms with van der Waals surface area (Å²) in [6, 6.07) is 9.89. The number of rotatable bonds is 3. The maximum Gasteiger partial charge on any atom is 0.138 e. The van der Waals surface area contributed by atoms with Crippen molar-refractivity contribution >= 4 is 34.0 Å². The molecule has 0 radical (unpaired) electrons. The van der Waals surface area contributed by atoms with Crippen molar-refractivity contribution in [3.05, 3.63) is 76.9 Å². The molecule has 0 unspecified atom stereocenters. The van der Waals surface area contributed by atoms with E-state index >= 15 is 0 Å². The average Bonchev–Trinajstić information content (AvgIpc) is 3.50. The molecule has 0 fully saturated rings. The third kappa shape index (κ3) is 2.78. The van der Waals surface area contributed by atoms with Crippen molar-refractivity contribution in [1.29, 1.82) is 0 Å². The molecular formula is C22H16ClN5OS. The van der Waals surface area contributed by atoms with E-state index in [1.165, 1.54) is 0 Å². The van der Waals surface area contributed by atoms with Gasteiger partial charge in [-0.15, -0.1) is 11.3 Å². The maximum absolute atomic E-state index is 11.2. The SMILES string of the molecule is O[C@@]1(c2cccc(-c3csc(-c4c[nH]c5ncc(Cl)cc45)n3)c2)Cc2nccn2C1. The van der Waals surface area contributed by atoms with Gasteiger partial charge in [-0.05, 0) is 17.7 Å². The molecule has 2 N–H and O–H groups in total.